The van der Waals surface area contributed by atoms with Gasteiger partial charge < -0.3 is 4.74 Å². The van der Waals surface area contributed by atoms with Gasteiger partial charge in [-0.1, -0.05) is 13.8 Å². The maximum Gasteiger partial charge on any atom is 0.490 e. The van der Waals surface area contributed by atoms with Gasteiger partial charge in [0.25, 0.3) is 0 Å². The SMILES string of the molecule is CC(C)CC(C)OC(=O)C(F)(F)F. The van der Waals surface area contributed by atoms with E-state index in [1.807, 2.05) is 13.8 Å². The van der Waals surface area contributed by atoms with Gasteiger partial charge in [-0.3, -0.25) is 0 Å². The lowest BCUT2D eigenvalue weighted by atomic mass is 10.1. The Labute approximate surface area is 75.1 Å². The lowest BCUT2D eigenvalue weighted by Crippen LogP contribution is -2.29. The van der Waals surface area contributed by atoms with Crippen molar-refractivity contribution in [2.24, 2.45) is 5.92 Å². The van der Waals surface area contributed by atoms with Crippen LogP contribution >= 0.6 is 0 Å². The molecule has 0 aliphatic heterocycles. The summed E-state index contributed by atoms with van der Waals surface area (Å²) in [6, 6.07) is 0. The minimum Gasteiger partial charge on any atom is -0.456 e. The third kappa shape index (κ3) is 5.49. The quantitative estimate of drug-likeness (QED) is 0.651. The molecule has 0 rings (SSSR count). The highest BCUT2D eigenvalue weighted by Gasteiger charge is 2.41. The van der Waals surface area contributed by atoms with E-state index in [1.165, 1.54) is 6.92 Å². The van der Waals surface area contributed by atoms with Crippen molar-refractivity contribution in [1.82, 2.24) is 0 Å². The molecule has 5 heteroatoms. The van der Waals surface area contributed by atoms with E-state index < -0.39 is 18.2 Å². The molecule has 0 aliphatic carbocycles. The van der Waals surface area contributed by atoms with Gasteiger partial charge in [0.15, 0.2) is 0 Å². The summed E-state index contributed by atoms with van der Waals surface area (Å²) in [6.07, 6.45) is -5.14. The van der Waals surface area contributed by atoms with Crippen molar-refractivity contribution >= 4 is 5.97 Å². The van der Waals surface area contributed by atoms with Crippen LogP contribution in [-0.4, -0.2) is 18.2 Å². The predicted molar refractivity (Wildman–Crippen MR) is 41.1 cm³/mol. The Morgan fingerprint density at radius 2 is 1.77 bits per heavy atom. The fraction of sp³-hybridized carbons (Fsp3) is 0.875. The first kappa shape index (κ1) is 12.3. The smallest absolute Gasteiger partial charge is 0.456 e. The molecule has 1 unspecified atom stereocenters. The van der Waals surface area contributed by atoms with Gasteiger partial charge in [0.05, 0.1) is 6.10 Å². The van der Waals surface area contributed by atoms with E-state index in [-0.39, 0.29) is 5.92 Å². The second-order valence-corrected chi connectivity index (χ2v) is 3.34. The van der Waals surface area contributed by atoms with Crippen LogP contribution in [0.15, 0.2) is 0 Å². The molecule has 0 aromatic carbocycles. The fourth-order valence-electron chi connectivity index (χ4n) is 0.962. The monoisotopic (exact) mass is 198 g/mol. The van der Waals surface area contributed by atoms with Crippen LogP contribution in [0, 0.1) is 5.92 Å². The second-order valence-electron chi connectivity index (χ2n) is 3.34. The number of hydrogen-bond donors (Lipinski definition) is 0. The second kappa shape index (κ2) is 4.48. The molecule has 0 heterocycles. The zero-order valence-corrected chi connectivity index (χ0v) is 7.81. The number of halogens is 3. The summed E-state index contributed by atoms with van der Waals surface area (Å²) in [4.78, 5) is 10.3. The Morgan fingerprint density at radius 1 is 1.31 bits per heavy atom. The summed E-state index contributed by atoms with van der Waals surface area (Å²) in [5, 5.41) is 0. The highest BCUT2D eigenvalue weighted by atomic mass is 19.4. The lowest BCUT2D eigenvalue weighted by molar-refractivity contribution is -0.204. The summed E-state index contributed by atoms with van der Waals surface area (Å²) in [5.41, 5.74) is 0. The molecule has 0 radical (unpaired) electrons. The Kier molecular flexibility index (Phi) is 4.23. The maximum absolute atomic E-state index is 11.7. The Balaban J connectivity index is 3.93. The highest BCUT2D eigenvalue weighted by molar-refractivity contribution is 5.75. The van der Waals surface area contributed by atoms with Gasteiger partial charge in [0, 0.05) is 0 Å². The molecule has 0 N–H and O–H groups in total. The number of esters is 1. The van der Waals surface area contributed by atoms with E-state index in [0.29, 0.717) is 6.42 Å². The van der Waals surface area contributed by atoms with Crippen molar-refractivity contribution in [1.29, 1.82) is 0 Å². The van der Waals surface area contributed by atoms with Gasteiger partial charge in [-0.25, -0.2) is 4.79 Å². The molecular formula is C8H13F3O2. The van der Waals surface area contributed by atoms with Crippen molar-refractivity contribution in [3.8, 4) is 0 Å². The van der Waals surface area contributed by atoms with Crippen LogP contribution in [0.2, 0.25) is 0 Å². The predicted octanol–water partition coefficient (Wildman–Crippen LogP) is 2.53. The molecule has 78 valence electrons. The van der Waals surface area contributed by atoms with Crippen LogP contribution in [0.1, 0.15) is 27.2 Å². The number of carbonyl (C=O) groups is 1. The maximum atomic E-state index is 11.7. The number of carbonyl (C=O) groups excluding carboxylic acids is 1. The van der Waals surface area contributed by atoms with E-state index >= 15 is 0 Å². The van der Waals surface area contributed by atoms with Crippen LogP contribution < -0.4 is 0 Å². The summed E-state index contributed by atoms with van der Waals surface area (Å²) in [5.74, 6) is -1.91. The molecule has 1 atom stereocenters. The van der Waals surface area contributed by atoms with Crippen LogP contribution in [0.4, 0.5) is 13.2 Å². The van der Waals surface area contributed by atoms with E-state index in [4.69, 9.17) is 0 Å². The zero-order valence-electron chi connectivity index (χ0n) is 7.81. The van der Waals surface area contributed by atoms with Gasteiger partial charge >= 0.3 is 12.1 Å². The van der Waals surface area contributed by atoms with Crippen molar-refractivity contribution in [2.45, 2.75) is 39.5 Å². The first-order valence-electron chi connectivity index (χ1n) is 4.01. The van der Waals surface area contributed by atoms with E-state index in [1.54, 1.807) is 0 Å². The van der Waals surface area contributed by atoms with E-state index in [9.17, 15) is 18.0 Å². The van der Waals surface area contributed by atoms with Gasteiger partial charge in [-0.15, -0.1) is 0 Å². The number of rotatable bonds is 3. The zero-order chi connectivity index (χ0) is 10.6. The summed E-state index contributed by atoms with van der Waals surface area (Å²) in [7, 11) is 0. The molecule has 0 spiro atoms. The van der Waals surface area contributed by atoms with Gasteiger partial charge in [-0.2, -0.15) is 13.2 Å². The van der Waals surface area contributed by atoms with Crippen molar-refractivity contribution in [2.75, 3.05) is 0 Å². The summed E-state index contributed by atoms with van der Waals surface area (Å²) < 4.78 is 39.2. The molecule has 2 nitrogen and oxygen atoms in total. The fourth-order valence-corrected chi connectivity index (χ4v) is 0.962. The lowest BCUT2D eigenvalue weighted by Gasteiger charge is -2.15. The molecular weight excluding hydrogens is 185 g/mol. The molecule has 13 heavy (non-hydrogen) atoms. The number of ether oxygens (including phenoxy) is 1. The molecule has 0 saturated heterocycles. The van der Waals surface area contributed by atoms with Crippen LogP contribution in [0.25, 0.3) is 0 Å². The van der Waals surface area contributed by atoms with Gasteiger partial charge in [0.1, 0.15) is 0 Å². The largest absolute Gasteiger partial charge is 0.490 e. The third-order valence-electron chi connectivity index (χ3n) is 1.34. The average molecular weight is 198 g/mol. The Morgan fingerprint density at radius 3 is 2.08 bits per heavy atom. The molecule has 0 aromatic rings. The van der Waals surface area contributed by atoms with Crippen LogP contribution in [-0.2, 0) is 9.53 Å². The standard InChI is InChI=1S/C8H13F3O2/c1-5(2)4-6(3)13-7(12)8(9,10)11/h5-6H,4H2,1-3H3. The minimum absolute atomic E-state index is 0.205. The third-order valence-corrected chi connectivity index (χ3v) is 1.34. The van der Waals surface area contributed by atoms with Crippen LogP contribution in [0.3, 0.4) is 0 Å². The summed E-state index contributed by atoms with van der Waals surface area (Å²) >= 11 is 0. The van der Waals surface area contributed by atoms with E-state index in [0.717, 1.165) is 0 Å². The molecule has 0 bridgehead atoms. The summed E-state index contributed by atoms with van der Waals surface area (Å²) in [6.45, 7) is 5.14. The Hall–Kier alpha value is -0.740. The van der Waals surface area contributed by atoms with Crippen molar-refractivity contribution < 1.29 is 22.7 Å². The van der Waals surface area contributed by atoms with Gasteiger partial charge in [0.2, 0.25) is 0 Å². The molecule has 0 amide bonds. The molecule has 0 saturated carbocycles. The Bertz CT molecular complexity index is 175. The van der Waals surface area contributed by atoms with Crippen molar-refractivity contribution in [3.05, 3.63) is 0 Å². The topological polar surface area (TPSA) is 26.3 Å². The van der Waals surface area contributed by atoms with Gasteiger partial charge in [-0.05, 0) is 19.3 Å². The van der Waals surface area contributed by atoms with Crippen molar-refractivity contribution in [3.63, 3.8) is 0 Å². The molecule has 0 aromatic heterocycles. The highest BCUT2D eigenvalue weighted by Crippen LogP contribution is 2.19. The minimum atomic E-state index is -4.88. The molecule has 0 fully saturated rings. The molecule has 0 aliphatic rings. The van der Waals surface area contributed by atoms with E-state index in [2.05, 4.69) is 4.74 Å². The first-order valence-corrected chi connectivity index (χ1v) is 4.01. The number of hydrogen-bond acceptors (Lipinski definition) is 2. The normalized spacial score (nSPS) is 14.4. The average Bonchev–Trinajstić information content (AvgIpc) is 1.82. The number of alkyl halides is 3. The van der Waals surface area contributed by atoms with Crippen LogP contribution in [0.5, 0.6) is 0 Å². The first-order chi connectivity index (χ1) is 5.73.